The van der Waals surface area contributed by atoms with E-state index in [-0.39, 0.29) is 5.82 Å². The van der Waals surface area contributed by atoms with Crippen LogP contribution >= 0.6 is 0 Å². The smallest absolute Gasteiger partial charge is 0.129 e. The van der Waals surface area contributed by atoms with E-state index in [2.05, 4.69) is 13.8 Å². The Morgan fingerprint density at radius 2 is 1.93 bits per heavy atom. The fraction of sp³-hybridized carbons (Fsp3) is 0.538. The largest absolute Gasteiger partial charge is 0.385 e. The first-order valence-corrected chi connectivity index (χ1v) is 5.50. The third-order valence-electron chi connectivity index (χ3n) is 3.52. The standard InChI is InChI=1S/C13H17FO/c1-9(2)10-7-13(15,8-10)11-5-3-4-6-12(11)14/h3-6,9-10,15H,7-8H2,1-2H3. The summed E-state index contributed by atoms with van der Waals surface area (Å²) < 4.78 is 13.5. The molecule has 0 aromatic heterocycles. The summed E-state index contributed by atoms with van der Waals surface area (Å²) in [5.41, 5.74) is -0.456. The van der Waals surface area contributed by atoms with Gasteiger partial charge in [0.25, 0.3) is 0 Å². The van der Waals surface area contributed by atoms with Crippen molar-refractivity contribution in [1.29, 1.82) is 0 Å². The van der Waals surface area contributed by atoms with Crippen LogP contribution in [-0.2, 0) is 5.60 Å². The maximum Gasteiger partial charge on any atom is 0.129 e. The second-order valence-electron chi connectivity index (χ2n) is 4.92. The van der Waals surface area contributed by atoms with Gasteiger partial charge in [0.1, 0.15) is 5.82 Å². The average Bonchev–Trinajstić information content (AvgIpc) is 2.13. The summed E-state index contributed by atoms with van der Waals surface area (Å²) in [6.07, 6.45) is 1.37. The summed E-state index contributed by atoms with van der Waals surface area (Å²) in [6.45, 7) is 4.29. The Kier molecular flexibility index (Phi) is 2.55. The highest BCUT2D eigenvalue weighted by atomic mass is 19.1. The van der Waals surface area contributed by atoms with Crippen LogP contribution in [0.15, 0.2) is 24.3 Å². The summed E-state index contributed by atoms with van der Waals surface area (Å²) in [5, 5.41) is 10.2. The minimum Gasteiger partial charge on any atom is -0.385 e. The van der Waals surface area contributed by atoms with Gasteiger partial charge < -0.3 is 5.11 Å². The van der Waals surface area contributed by atoms with E-state index in [0.717, 1.165) is 0 Å². The normalized spacial score (nSPS) is 30.3. The molecule has 1 aromatic rings. The molecule has 1 nitrogen and oxygen atoms in total. The fourth-order valence-corrected chi connectivity index (χ4v) is 2.34. The first kappa shape index (κ1) is 10.6. The molecule has 1 saturated carbocycles. The van der Waals surface area contributed by atoms with Crippen molar-refractivity contribution in [2.75, 3.05) is 0 Å². The molecule has 2 heteroatoms. The van der Waals surface area contributed by atoms with E-state index >= 15 is 0 Å². The number of aliphatic hydroxyl groups is 1. The molecule has 0 bridgehead atoms. The van der Waals surface area contributed by atoms with E-state index in [0.29, 0.717) is 30.2 Å². The molecular formula is C13H17FO. The number of rotatable bonds is 2. The molecule has 15 heavy (non-hydrogen) atoms. The Hall–Kier alpha value is -0.890. The third kappa shape index (κ3) is 1.78. The average molecular weight is 208 g/mol. The topological polar surface area (TPSA) is 20.2 Å². The van der Waals surface area contributed by atoms with Crippen LogP contribution in [0.4, 0.5) is 4.39 Å². The van der Waals surface area contributed by atoms with Crippen LogP contribution < -0.4 is 0 Å². The highest BCUT2D eigenvalue weighted by Gasteiger charge is 2.46. The van der Waals surface area contributed by atoms with Crippen LogP contribution in [-0.4, -0.2) is 5.11 Å². The van der Waals surface area contributed by atoms with Crippen molar-refractivity contribution in [3.05, 3.63) is 35.6 Å². The Morgan fingerprint density at radius 1 is 1.33 bits per heavy atom. The first-order valence-electron chi connectivity index (χ1n) is 5.50. The summed E-state index contributed by atoms with van der Waals surface area (Å²) in [4.78, 5) is 0. The van der Waals surface area contributed by atoms with Crippen molar-refractivity contribution < 1.29 is 9.50 Å². The molecule has 0 aliphatic heterocycles. The predicted octanol–water partition coefficient (Wildman–Crippen LogP) is 3.08. The monoisotopic (exact) mass is 208 g/mol. The lowest BCUT2D eigenvalue weighted by Crippen LogP contribution is -2.43. The van der Waals surface area contributed by atoms with Gasteiger partial charge in [-0.2, -0.15) is 0 Å². The predicted molar refractivity (Wildman–Crippen MR) is 57.9 cm³/mol. The molecule has 82 valence electrons. The Balaban J connectivity index is 2.17. The van der Waals surface area contributed by atoms with Crippen molar-refractivity contribution in [3.63, 3.8) is 0 Å². The molecule has 1 fully saturated rings. The molecule has 0 radical (unpaired) electrons. The number of hydrogen-bond acceptors (Lipinski definition) is 1. The van der Waals surface area contributed by atoms with Crippen molar-refractivity contribution in [2.45, 2.75) is 32.3 Å². The second kappa shape index (κ2) is 3.60. The maximum absolute atomic E-state index is 13.5. The fourth-order valence-electron chi connectivity index (χ4n) is 2.34. The van der Waals surface area contributed by atoms with Crippen molar-refractivity contribution in [2.24, 2.45) is 11.8 Å². The van der Waals surface area contributed by atoms with Gasteiger partial charge in [-0.3, -0.25) is 0 Å². The van der Waals surface area contributed by atoms with E-state index in [1.807, 2.05) is 0 Å². The molecule has 0 saturated heterocycles. The molecule has 2 rings (SSSR count). The lowest BCUT2D eigenvalue weighted by molar-refractivity contribution is -0.0955. The summed E-state index contributed by atoms with van der Waals surface area (Å²) in [5.74, 6) is 0.800. The lowest BCUT2D eigenvalue weighted by atomic mass is 9.63. The Morgan fingerprint density at radius 3 is 2.47 bits per heavy atom. The molecule has 0 heterocycles. The number of hydrogen-bond donors (Lipinski definition) is 1. The van der Waals surface area contributed by atoms with Crippen LogP contribution in [0.5, 0.6) is 0 Å². The molecule has 1 aliphatic carbocycles. The molecule has 0 atom stereocenters. The van der Waals surface area contributed by atoms with Gasteiger partial charge in [-0.05, 0) is 30.7 Å². The second-order valence-corrected chi connectivity index (χ2v) is 4.92. The van der Waals surface area contributed by atoms with E-state index < -0.39 is 5.60 Å². The van der Waals surface area contributed by atoms with Gasteiger partial charge in [0.2, 0.25) is 0 Å². The number of halogens is 1. The molecule has 0 unspecified atom stereocenters. The minimum absolute atomic E-state index is 0.290. The summed E-state index contributed by atoms with van der Waals surface area (Å²) >= 11 is 0. The van der Waals surface area contributed by atoms with Gasteiger partial charge in [0.15, 0.2) is 0 Å². The van der Waals surface area contributed by atoms with E-state index in [1.165, 1.54) is 6.07 Å². The number of benzene rings is 1. The van der Waals surface area contributed by atoms with Crippen LogP contribution in [0, 0.1) is 17.7 Å². The van der Waals surface area contributed by atoms with Crippen molar-refractivity contribution in [3.8, 4) is 0 Å². The van der Waals surface area contributed by atoms with E-state index in [1.54, 1.807) is 18.2 Å². The zero-order valence-electron chi connectivity index (χ0n) is 9.20. The van der Waals surface area contributed by atoms with Crippen LogP contribution in [0.1, 0.15) is 32.3 Å². The molecule has 0 spiro atoms. The highest BCUT2D eigenvalue weighted by Crippen LogP contribution is 2.49. The Bertz CT molecular complexity index is 353. The zero-order valence-corrected chi connectivity index (χ0v) is 9.20. The quantitative estimate of drug-likeness (QED) is 0.792. The van der Waals surface area contributed by atoms with E-state index in [4.69, 9.17) is 0 Å². The van der Waals surface area contributed by atoms with Gasteiger partial charge >= 0.3 is 0 Å². The molecule has 1 aromatic carbocycles. The third-order valence-corrected chi connectivity index (χ3v) is 3.52. The van der Waals surface area contributed by atoms with E-state index in [9.17, 15) is 9.50 Å². The maximum atomic E-state index is 13.5. The van der Waals surface area contributed by atoms with Crippen molar-refractivity contribution >= 4 is 0 Å². The lowest BCUT2D eigenvalue weighted by Gasteiger charge is -2.46. The van der Waals surface area contributed by atoms with Gasteiger partial charge in [-0.15, -0.1) is 0 Å². The van der Waals surface area contributed by atoms with Gasteiger partial charge in [-0.1, -0.05) is 32.0 Å². The Labute approximate surface area is 89.9 Å². The molecule has 0 amide bonds. The van der Waals surface area contributed by atoms with Crippen LogP contribution in [0.3, 0.4) is 0 Å². The minimum atomic E-state index is -0.916. The first-order chi connectivity index (χ1) is 7.03. The molecule has 1 aliphatic rings. The zero-order chi connectivity index (χ0) is 11.1. The van der Waals surface area contributed by atoms with Gasteiger partial charge in [-0.25, -0.2) is 4.39 Å². The van der Waals surface area contributed by atoms with Gasteiger partial charge in [0, 0.05) is 5.56 Å². The van der Waals surface area contributed by atoms with Crippen molar-refractivity contribution in [1.82, 2.24) is 0 Å². The summed E-state index contributed by atoms with van der Waals surface area (Å²) in [7, 11) is 0. The highest BCUT2D eigenvalue weighted by molar-refractivity contribution is 5.27. The van der Waals surface area contributed by atoms with Crippen LogP contribution in [0.2, 0.25) is 0 Å². The molecule has 1 N–H and O–H groups in total. The molecular weight excluding hydrogens is 191 g/mol. The van der Waals surface area contributed by atoms with Gasteiger partial charge in [0.05, 0.1) is 5.60 Å². The SMILES string of the molecule is CC(C)C1CC(O)(c2ccccc2F)C1. The van der Waals surface area contributed by atoms with Crippen LogP contribution in [0.25, 0.3) is 0 Å². The summed E-state index contributed by atoms with van der Waals surface area (Å²) in [6, 6.07) is 6.53.